The summed E-state index contributed by atoms with van der Waals surface area (Å²) >= 11 is 0. The number of nitrogens with one attached hydrogen (secondary N) is 1. The fourth-order valence-corrected chi connectivity index (χ4v) is 8.16. The summed E-state index contributed by atoms with van der Waals surface area (Å²) in [5.74, 6) is -0.901. The van der Waals surface area contributed by atoms with Crippen LogP contribution in [-0.2, 0) is 0 Å². The lowest BCUT2D eigenvalue weighted by Gasteiger charge is -2.40. The average molecular weight is 647 g/mol. The van der Waals surface area contributed by atoms with Gasteiger partial charge in [0.2, 0.25) is 0 Å². The average Bonchev–Trinajstić information content (AvgIpc) is 3.73. The van der Waals surface area contributed by atoms with Crippen LogP contribution in [-0.4, -0.2) is 69.9 Å². The Bertz CT molecular complexity index is 2160. The molecule has 0 radical (unpaired) electrons. The summed E-state index contributed by atoms with van der Waals surface area (Å²) in [5.41, 5.74) is -2.43. The number of ether oxygens (including phenoxy) is 1. The maximum absolute atomic E-state index is 17.0. The van der Waals surface area contributed by atoms with E-state index in [-0.39, 0.29) is 69.6 Å². The van der Waals surface area contributed by atoms with Gasteiger partial charge in [-0.3, -0.25) is 4.90 Å². The maximum Gasteiger partial charge on any atom is 0.319 e. The lowest BCUT2D eigenvalue weighted by molar-refractivity contribution is 0.108. The van der Waals surface area contributed by atoms with Gasteiger partial charge < -0.3 is 20.1 Å². The molecule has 0 saturated carbocycles. The van der Waals surface area contributed by atoms with E-state index in [1.54, 1.807) is 4.90 Å². The van der Waals surface area contributed by atoms with E-state index in [9.17, 15) is 13.9 Å². The van der Waals surface area contributed by atoms with Gasteiger partial charge in [0.05, 0.1) is 23.0 Å². The summed E-state index contributed by atoms with van der Waals surface area (Å²) in [5, 5.41) is 14.1. The summed E-state index contributed by atoms with van der Waals surface area (Å²) < 4.78 is 93.1. The van der Waals surface area contributed by atoms with Gasteiger partial charge in [0.25, 0.3) is 0 Å². The molecule has 4 aliphatic rings. The van der Waals surface area contributed by atoms with Crippen molar-refractivity contribution in [3.8, 4) is 35.2 Å². The lowest BCUT2D eigenvalue weighted by Crippen LogP contribution is -2.58. The summed E-state index contributed by atoms with van der Waals surface area (Å²) in [4.78, 5) is 13.0. The van der Waals surface area contributed by atoms with E-state index in [4.69, 9.17) is 15.3 Å². The number of aromatic nitrogens is 2. The van der Waals surface area contributed by atoms with Crippen LogP contribution in [0.4, 0.5) is 23.4 Å². The number of rotatable bonds is 5. The third-order valence-corrected chi connectivity index (χ3v) is 10.2. The predicted molar refractivity (Wildman–Crippen MR) is 172 cm³/mol. The minimum absolute atomic E-state index is 0.0130. The largest absolute Gasteiger partial charge is 0.508 e. The van der Waals surface area contributed by atoms with E-state index in [1.807, 2.05) is 0 Å². The quantitative estimate of drug-likeness (QED) is 0.193. The second-order valence-electron chi connectivity index (χ2n) is 13.3. The molecule has 0 amide bonds. The van der Waals surface area contributed by atoms with E-state index in [0.29, 0.717) is 44.3 Å². The third kappa shape index (κ3) is 4.80. The van der Waals surface area contributed by atoms with E-state index in [0.717, 1.165) is 37.6 Å². The van der Waals surface area contributed by atoms with Crippen LogP contribution < -0.4 is 15.0 Å². The summed E-state index contributed by atoms with van der Waals surface area (Å²) in [6.45, 7) is -0.754. The Morgan fingerprint density at radius 3 is 2.89 bits per heavy atom. The number of phenols is 1. The van der Waals surface area contributed by atoms with Gasteiger partial charge in [0, 0.05) is 51.7 Å². The van der Waals surface area contributed by atoms with Crippen molar-refractivity contribution in [2.45, 2.75) is 56.1 Å². The van der Waals surface area contributed by atoms with Gasteiger partial charge in [0.15, 0.2) is 5.82 Å². The number of hydrogen-bond acceptors (Lipinski definition) is 7. The van der Waals surface area contributed by atoms with E-state index >= 15 is 8.78 Å². The number of anilines is 1. The molecule has 2 N–H and O–H groups in total. The van der Waals surface area contributed by atoms with Crippen LogP contribution >= 0.6 is 0 Å². The number of piperazine rings is 1. The molecule has 47 heavy (non-hydrogen) atoms. The van der Waals surface area contributed by atoms with Gasteiger partial charge in [-0.1, -0.05) is 12.0 Å². The minimum atomic E-state index is -2.37. The normalized spacial score (nSPS) is 27.6. The lowest BCUT2D eigenvalue weighted by atomic mass is 9.92. The highest BCUT2D eigenvalue weighted by atomic mass is 19.1. The Balaban J connectivity index is 1.31. The second-order valence-corrected chi connectivity index (χ2v) is 13.3. The molecule has 3 atom stereocenters. The number of nitrogens with zero attached hydrogens (tertiary/aromatic N) is 4. The molecular formula is C36H33F4N5O2. The fourth-order valence-electron chi connectivity index (χ4n) is 8.16. The molecule has 4 fully saturated rings. The summed E-state index contributed by atoms with van der Waals surface area (Å²) in [6.07, 6.45) is 9.32. The first kappa shape index (κ1) is 26.6. The van der Waals surface area contributed by atoms with Gasteiger partial charge in [-0.15, -0.1) is 6.42 Å². The molecule has 4 saturated heterocycles. The Morgan fingerprint density at radius 1 is 1.21 bits per heavy atom. The zero-order chi connectivity index (χ0) is 35.2. The van der Waals surface area contributed by atoms with Crippen molar-refractivity contribution >= 4 is 27.5 Å². The van der Waals surface area contributed by atoms with Crippen molar-refractivity contribution in [1.29, 1.82) is 0 Å². The van der Waals surface area contributed by atoms with Gasteiger partial charge in [-0.2, -0.15) is 9.97 Å². The Morgan fingerprint density at radius 2 is 2.09 bits per heavy atom. The number of halogens is 4. The number of aromatic hydroxyl groups is 1. The Hall–Kier alpha value is -4.40. The van der Waals surface area contributed by atoms with Crippen molar-refractivity contribution in [2.75, 3.05) is 37.7 Å². The van der Waals surface area contributed by atoms with E-state index < -0.39 is 40.9 Å². The monoisotopic (exact) mass is 646 g/mol. The number of fused-ring (bicyclic) bond motifs is 5. The molecule has 3 aromatic carbocycles. The molecule has 242 valence electrons. The first-order valence-corrected chi connectivity index (χ1v) is 15.7. The molecule has 4 aliphatic heterocycles. The fraction of sp³-hybridized carbons (Fsp3) is 0.389. The van der Waals surface area contributed by atoms with Crippen LogP contribution in [0.1, 0.15) is 48.6 Å². The molecule has 1 aromatic heterocycles. The van der Waals surface area contributed by atoms with Crippen molar-refractivity contribution < 1.29 is 31.5 Å². The van der Waals surface area contributed by atoms with Crippen molar-refractivity contribution in [3.63, 3.8) is 0 Å². The first-order valence-electron chi connectivity index (χ1n) is 17.2. The highest BCUT2D eigenvalue weighted by Crippen LogP contribution is 2.44. The highest BCUT2D eigenvalue weighted by Gasteiger charge is 2.47. The molecule has 8 rings (SSSR count). The van der Waals surface area contributed by atoms with Crippen LogP contribution in [0.25, 0.3) is 32.8 Å². The van der Waals surface area contributed by atoms with Gasteiger partial charge in [-0.05, 0) is 80.7 Å². The second kappa shape index (κ2) is 10.8. The summed E-state index contributed by atoms with van der Waals surface area (Å²) in [7, 11) is 0. The van der Waals surface area contributed by atoms with Crippen LogP contribution in [0, 0.1) is 29.8 Å². The smallest absolute Gasteiger partial charge is 0.319 e. The van der Waals surface area contributed by atoms with E-state index in [2.05, 4.69) is 26.1 Å². The predicted octanol–water partition coefficient (Wildman–Crippen LogP) is 6.36. The van der Waals surface area contributed by atoms with Crippen molar-refractivity contribution in [2.24, 2.45) is 0 Å². The van der Waals surface area contributed by atoms with Gasteiger partial charge >= 0.3 is 6.01 Å². The maximum atomic E-state index is 17.0. The van der Waals surface area contributed by atoms with Crippen LogP contribution in [0.5, 0.6) is 11.8 Å². The standard InChI is InChI=1S/C36H33F4N5O2/c1-3-24-27(38)6-5-21-11-23(46)12-25(29(21)24)30-28(39)13-26-32(31(30)40)41-34(42-33(26)44-17-22-7-9-35(2,18-44)43-22)47-19-36-8-4-10-45(36)16-20(14-36)15-37/h1,5-6,11-13,15,22,43,46H,4,7-10,14,16-19H2,2H3/b20-15-/t22-,35+,36-/m0/s1/i2D3. The zero-order valence-electron chi connectivity index (χ0n) is 28.3. The minimum Gasteiger partial charge on any atom is -0.508 e. The molecule has 7 nitrogen and oxygen atoms in total. The van der Waals surface area contributed by atoms with Crippen LogP contribution in [0.2, 0.25) is 0 Å². The Kier molecular flexibility index (Phi) is 6.14. The number of hydrogen-bond donors (Lipinski definition) is 2. The molecule has 4 aromatic rings. The molecule has 2 bridgehead atoms. The molecule has 11 heteroatoms. The zero-order valence-corrected chi connectivity index (χ0v) is 25.3. The topological polar surface area (TPSA) is 73.8 Å². The molecular weight excluding hydrogens is 610 g/mol. The molecule has 0 spiro atoms. The highest BCUT2D eigenvalue weighted by molar-refractivity contribution is 6.04. The number of terminal acetylenes is 1. The van der Waals surface area contributed by atoms with E-state index in [1.165, 1.54) is 12.1 Å². The van der Waals surface area contributed by atoms with Gasteiger partial charge in [0.1, 0.15) is 35.3 Å². The van der Waals surface area contributed by atoms with Gasteiger partial charge in [-0.25, -0.2) is 17.6 Å². The van der Waals surface area contributed by atoms with Crippen LogP contribution in [0.3, 0.4) is 0 Å². The van der Waals surface area contributed by atoms with Crippen molar-refractivity contribution in [3.05, 3.63) is 65.2 Å². The molecule has 0 aliphatic carbocycles. The van der Waals surface area contributed by atoms with Crippen LogP contribution in [0.15, 0.2) is 42.2 Å². The molecule has 0 unspecified atom stereocenters. The third-order valence-electron chi connectivity index (χ3n) is 10.2. The Labute approximate surface area is 273 Å². The number of phenolic OH excluding ortho intramolecular Hbond substituents is 1. The first-order chi connectivity index (χ1) is 23.8. The number of benzene rings is 3. The SMILES string of the molecule is [2H]C([2H])([2H])[C@@]12CC[C@@H](CN(c3nc(OC[C@@]45CCCN4C/C(=C\F)C5)nc4c(F)c(-c5cc(O)cc6ccc(F)c(C#C)c56)c(F)cc34)C1)N2. The summed E-state index contributed by atoms with van der Waals surface area (Å²) in [6, 6.07) is 5.55. The molecule has 5 heterocycles. The van der Waals surface area contributed by atoms with Crippen molar-refractivity contribution in [1.82, 2.24) is 20.2 Å².